The molecule has 2 amide bonds. The fourth-order valence-corrected chi connectivity index (χ4v) is 3.99. The number of urea groups is 1. The summed E-state index contributed by atoms with van der Waals surface area (Å²) in [5, 5.41) is 4.34. The molecule has 1 aromatic heterocycles. The summed E-state index contributed by atoms with van der Waals surface area (Å²) in [4.78, 5) is 18.5. The molecule has 146 valence electrons. The van der Waals surface area contributed by atoms with E-state index in [1.54, 1.807) is 7.11 Å². The number of fused-ring (bicyclic) bond motifs is 3. The quantitative estimate of drug-likeness (QED) is 0.704. The lowest BCUT2D eigenvalue weighted by molar-refractivity contribution is 0.178. The SMILES string of the molecule is COc1ccc(C2c3[nH]c4ccccc4c3CCN2C(=O)NCC(C)C)cc1. The number of para-hydroxylation sites is 1. The molecule has 3 aromatic rings. The number of H-pyrrole nitrogens is 1. The Morgan fingerprint density at radius 1 is 1.21 bits per heavy atom. The Hall–Kier alpha value is -2.95. The number of ether oxygens (including phenoxy) is 1. The summed E-state index contributed by atoms with van der Waals surface area (Å²) in [6.07, 6.45) is 0.848. The van der Waals surface area contributed by atoms with Crippen LogP contribution >= 0.6 is 0 Å². The molecule has 5 heteroatoms. The molecule has 2 N–H and O–H groups in total. The number of amides is 2. The van der Waals surface area contributed by atoms with Gasteiger partial charge in [0.1, 0.15) is 5.75 Å². The second-order valence-electron chi connectivity index (χ2n) is 7.76. The van der Waals surface area contributed by atoms with Crippen LogP contribution in [0.3, 0.4) is 0 Å². The monoisotopic (exact) mass is 377 g/mol. The molecule has 5 nitrogen and oxygen atoms in total. The van der Waals surface area contributed by atoms with Gasteiger partial charge in [-0.25, -0.2) is 4.79 Å². The van der Waals surface area contributed by atoms with Crippen molar-refractivity contribution in [2.75, 3.05) is 20.2 Å². The summed E-state index contributed by atoms with van der Waals surface area (Å²) in [5.41, 5.74) is 4.62. The summed E-state index contributed by atoms with van der Waals surface area (Å²) in [5.74, 6) is 1.23. The van der Waals surface area contributed by atoms with E-state index in [-0.39, 0.29) is 12.1 Å². The van der Waals surface area contributed by atoms with E-state index in [0.29, 0.717) is 19.0 Å². The van der Waals surface area contributed by atoms with Crippen molar-refractivity contribution in [2.24, 2.45) is 5.92 Å². The Kier molecular flexibility index (Phi) is 4.99. The standard InChI is InChI=1S/C23H27N3O2/c1-15(2)14-24-23(27)26-13-12-19-18-6-4-5-7-20(18)25-21(19)22(26)16-8-10-17(28-3)11-9-16/h4-11,15,22,25H,12-14H2,1-3H3,(H,24,27). The number of hydrogen-bond acceptors (Lipinski definition) is 2. The summed E-state index contributed by atoms with van der Waals surface area (Å²) in [6, 6.07) is 16.2. The highest BCUT2D eigenvalue weighted by atomic mass is 16.5. The number of benzene rings is 2. The maximum absolute atomic E-state index is 13.0. The summed E-state index contributed by atoms with van der Waals surface area (Å²) >= 11 is 0. The Balaban J connectivity index is 1.77. The van der Waals surface area contributed by atoms with Crippen LogP contribution in [0.15, 0.2) is 48.5 Å². The van der Waals surface area contributed by atoms with Crippen LogP contribution in [-0.2, 0) is 6.42 Å². The first-order chi connectivity index (χ1) is 13.6. The number of carbonyl (C=O) groups is 1. The van der Waals surface area contributed by atoms with Gasteiger partial charge in [0.05, 0.1) is 13.2 Å². The molecular weight excluding hydrogens is 350 g/mol. The molecule has 1 atom stereocenters. The molecule has 0 saturated heterocycles. The van der Waals surface area contributed by atoms with Crippen molar-refractivity contribution in [1.29, 1.82) is 0 Å². The minimum atomic E-state index is -0.144. The highest BCUT2D eigenvalue weighted by Gasteiger charge is 2.34. The van der Waals surface area contributed by atoms with Crippen LogP contribution in [0.2, 0.25) is 0 Å². The molecule has 0 aliphatic carbocycles. The van der Waals surface area contributed by atoms with Crippen molar-refractivity contribution in [3.05, 3.63) is 65.4 Å². The minimum absolute atomic E-state index is 0.0150. The van der Waals surface area contributed by atoms with Gasteiger partial charge in [0.15, 0.2) is 0 Å². The van der Waals surface area contributed by atoms with Crippen LogP contribution in [0.5, 0.6) is 5.75 Å². The Morgan fingerprint density at radius 2 is 1.96 bits per heavy atom. The summed E-state index contributed by atoms with van der Waals surface area (Å²) in [7, 11) is 1.66. The number of methoxy groups -OCH3 is 1. The van der Waals surface area contributed by atoms with Crippen molar-refractivity contribution >= 4 is 16.9 Å². The van der Waals surface area contributed by atoms with Gasteiger partial charge in [0, 0.05) is 29.7 Å². The van der Waals surface area contributed by atoms with Crippen LogP contribution in [0, 0.1) is 5.92 Å². The lowest BCUT2D eigenvalue weighted by Gasteiger charge is -2.36. The van der Waals surface area contributed by atoms with E-state index < -0.39 is 0 Å². The first-order valence-corrected chi connectivity index (χ1v) is 9.86. The number of nitrogens with zero attached hydrogens (tertiary/aromatic N) is 1. The van der Waals surface area contributed by atoms with Crippen molar-refractivity contribution in [3.8, 4) is 5.75 Å². The Bertz CT molecular complexity index is 975. The third-order valence-corrected chi connectivity index (χ3v) is 5.39. The van der Waals surface area contributed by atoms with Crippen LogP contribution in [0.4, 0.5) is 4.79 Å². The second kappa shape index (κ2) is 7.58. The predicted molar refractivity (Wildman–Crippen MR) is 112 cm³/mol. The van der Waals surface area contributed by atoms with Crippen molar-refractivity contribution in [2.45, 2.75) is 26.3 Å². The number of aromatic nitrogens is 1. The minimum Gasteiger partial charge on any atom is -0.497 e. The molecule has 28 heavy (non-hydrogen) atoms. The molecule has 1 aliphatic rings. The third kappa shape index (κ3) is 3.33. The largest absolute Gasteiger partial charge is 0.497 e. The molecule has 0 radical (unpaired) electrons. The van der Waals surface area contributed by atoms with Crippen molar-refractivity contribution < 1.29 is 9.53 Å². The van der Waals surface area contributed by atoms with Gasteiger partial charge in [-0.3, -0.25) is 0 Å². The zero-order valence-corrected chi connectivity index (χ0v) is 16.7. The second-order valence-corrected chi connectivity index (χ2v) is 7.76. The first-order valence-electron chi connectivity index (χ1n) is 9.86. The van der Waals surface area contributed by atoms with Gasteiger partial charge in [-0.2, -0.15) is 0 Å². The van der Waals surface area contributed by atoms with Gasteiger partial charge < -0.3 is 19.9 Å². The lowest BCUT2D eigenvalue weighted by atomic mass is 9.92. The molecule has 0 saturated carbocycles. The Morgan fingerprint density at radius 3 is 2.68 bits per heavy atom. The maximum Gasteiger partial charge on any atom is 0.318 e. The van der Waals surface area contributed by atoms with Gasteiger partial charge >= 0.3 is 6.03 Å². The van der Waals surface area contributed by atoms with E-state index in [4.69, 9.17) is 4.74 Å². The number of carbonyl (C=O) groups excluding carboxylic acids is 1. The molecular formula is C23H27N3O2. The average Bonchev–Trinajstić information content (AvgIpc) is 3.10. The van der Waals surface area contributed by atoms with E-state index in [1.165, 1.54) is 10.9 Å². The smallest absolute Gasteiger partial charge is 0.318 e. The van der Waals surface area contributed by atoms with Gasteiger partial charge in [-0.1, -0.05) is 44.2 Å². The average molecular weight is 377 g/mol. The van der Waals surface area contributed by atoms with Crippen LogP contribution in [0.1, 0.15) is 36.7 Å². The molecule has 0 spiro atoms. The van der Waals surface area contributed by atoms with Crippen molar-refractivity contribution in [3.63, 3.8) is 0 Å². The molecule has 1 aliphatic heterocycles. The van der Waals surface area contributed by atoms with Crippen molar-refractivity contribution in [1.82, 2.24) is 15.2 Å². The van der Waals surface area contributed by atoms with Gasteiger partial charge in [-0.15, -0.1) is 0 Å². The molecule has 0 fully saturated rings. The predicted octanol–water partition coefficient (Wildman–Crippen LogP) is 4.49. The fraction of sp³-hybridized carbons (Fsp3) is 0.348. The van der Waals surface area contributed by atoms with Crippen LogP contribution < -0.4 is 10.1 Å². The highest BCUT2D eigenvalue weighted by Crippen LogP contribution is 2.38. The molecule has 2 heterocycles. The summed E-state index contributed by atoms with van der Waals surface area (Å²) < 4.78 is 5.31. The highest BCUT2D eigenvalue weighted by molar-refractivity contribution is 5.86. The van der Waals surface area contributed by atoms with Gasteiger partial charge in [0.25, 0.3) is 0 Å². The number of hydrogen-bond donors (Lipinski definition) is 2. The van der Waals surface area contributed by atoms with Crippen LogP contribution in [0.25, 0.3) is 10.9 Å². The lowest BCUT2D eigenvalue weighted by Crippen LogP contribution is -2.46. The Labute approximate surface area is 165 Å². The molecule has 1 unspecified atom stereocenters. The fourth-order valence-electron chi connectivity index (χ4n) is 3.99. The van der Waals surface area contributed by atoms with Gasteiger partial charge in [-0.05, 0) is 41.7 Å². The molecule has 2 aromatic carbocycles. The van der Waals surface area contributed by atoms with Gasteiger partial charge in [0.2, 0.25) is 0 Å². The number of aromatic amines is 1. The third-order valence-electron chi connectivity index (χ3n) is 5.39. The topological polar surface area (TPSA) is 57.4 Å². The molecule has 4 rings (SSSR count). The van der Waals surface area contributed by atoms with E-state index >= 15 is 0 Å². The zero-order chi connectivity index (χ0) is 19.7. The maximum atomic E-state index is 13.0. The van der Waals surface area contributed by atoms with E-state index in [9.17, 15) is 4.79 Å². The normalized spacial score (nSPS) is 16.3. The number of nitrogens with one attached hydrogen (secondary N) is 2. The zero-order valence-electron chi connectivity index (χ0n) is 16.7. The summed E-state index contributed by atoms with van der Waals surface area (Å²) in [6.45, 7) is 5.57. The number of rotatable bonds is 4. The van der Waals surface area contributed by atoms with Crippen LogP contribution in [-0.4, -0.2) is 36.1 Å². The molecule has 0 bridgehead atoms. The first kappa shape index (κ1) is 18.4. The van der Waals surface area contributed by atoms with E-state index in [0.717, 1.165) is 28.9 Å². The van der Waals surface area contributed by atoms with E-state index in [1.807, 2.05) is 35.2 Å². The van der Waals surface area contributed by atoms with E-state index in [2.05, 4.69) is 42.3 Å².